The van der Waals surface area contributed by atoms with Crippen molar-refractivity contribution in [3.05, 3.63) is 64.8 Å². The number of para-hydroxylation sites is 1. The van der Waals surface area contributed by atoms with E-state index >= 15 is 0 Å². The number of benzene rings is 2. The Hall–Kier alpha value is -3.13. The molecule has 3 amide bonds. The maximum absolute atomic E-state index is 13.3. The summed E-state index contributed by atoms with van der Waals surface area (Å²) in [7, 11) is -4.32. The van der Waals surface area contributed by atoms with Crippen LogP contribution < -0.4 is 10.2 Å². The first-order valence-electron chi connectivity index (χ1n) is 9.75. The number of hydrogen-bond acceptors (Lipinski definition) is 7. The molecule has 2 aromatic carbocycles. The maximum atomic E-state index is 13.3. The SMILES string of the molecule is O=C(CN1C(=O)C(=C2SC(=S)N(CCS(=O)(=O)O)C2=O)c2ccccc21)Nc1ccc(F)cc1. The monoisotopic (exact) mass is 521 g/mol. The van der Waals surface area contributed by atoms with Crippen molar-refractivity contribution in [2.75, 3.05) is 29.1 Å². The molecule has 0 radical (unpaired) electrons. The van der Waals surface area contributed by atoms with E-state index in [-0.39, 0.29) is 27.9 Å². The van der Waals surface area contributed by atoms with Crippen molar-refractivity contribution in [2.24, 2.45) is 0 Å². The Morgan fingerprint density at radius 2 is 1.74 bits per heavy atom. The highest BCUT2D eigenvalue weighted by molar-refractivity contribution is 8.26. The molecule has 176 valence electrons. The summed E-state index contributed by atoms with van der Waals surface area (Å²) >= 11 is 6.03. The molecule has 0 atom stereocenters. The predicted molar refractivity (Wildman–Crippen MR) is 129 cm³/mol. The van der Waals surface area contributed by atoms with Crippen LogP contribution in [0.3, 0.4) is 0 Å². The molecule has 9 nitrogen and oxygen atoms in total. The minimum absolute atomic E-state index is 0.0132. The molecule has 1 fully saturated rings. The molecule has 2 N–H and O–H groups in total. The number of hydrogen-bond donors (Lipinski definition) is 2. The van der Waals surface area contributed by atoms with Gasteiger partial charge in [-0.05, 0) is 30.3 Å². The van der Waals surface area contributed by atoms with Gasteiger partial charge < -0.3 is 5.32 Å². The smallest absolute Gasteiger partial charge is 0.267 e. The van der Waals surface area contributed by atoms with Crippen LogP contribution in [-0.4, -0.2) is 58.8 Å². The molecule has 0 aromatic heterocycles. The first kappa shape index (κ1) is 24.0. The van der Waals surface area contributed by atoms with Crippen molar-refractivity contribution in [3.63, 3.8) is 0 Å². The first-order chi connectivity index (χ1) is 16.0. The minimum atomic E-state index is -4.32. The Labute approximate surface area is 203 Å². The average molecular weight is 522 g/mol. The number of amides is 3. The highest BCUT2D eigenvalue weighted by Crippen LogP contribution is 2.44. The largest absolute Gasteiger partial charge is 0.325 e. The van der Waals surface area contributed by atoms with Crippen LogP contribution in [0.25, 0.3) is 5.57 Å². The van der Waals surface area contributed by atoms with Gasteiger partial charge in [0.2, 0.25) is 5.91 Å². The summed E-state index contributed by atoms with van der Waals surface area (Å²) in [5.41, 5.74) is 1.25. The standard InChI is InChI=1S/C21H16FN3O6S3/c22-12-5-7-13(8-6-12)23-16(26)11-25-15-4-2-1-3-14(15)17(19(25)27)18-20(28)24(21(32)33-18)9-10-34(29,30)31/h1-8H,9-11H2,(H,23,26)(H,29,30,31). The zero-order valence-electron chi connectivity index (χ0n) is 17.2. The molecular formula is C21H16FN3O6S3. The lowest BCUT2D eigenvalue weighted by molar-refractivity contribution is -0.122. The fraction of sp³-hybridized carbons (Fsp3) is 0.143. The predicted octanol–water partition coefficient (Wildman–Crippen LogP) is 2.27. The topological polar surface area (TPSA) is 124 Å². The highest BCUT2D eigenvalue weighted by Gasteiger charge is 2.42. The summed E-state index contributed by atoms with van der Waals surface area (Å²) in [6, 6.07) is 11.8. The number of carbonyl (C=O) groups excluding carboxylic acids is 3. The van der Waals surface area contributed by atoms with E-state index in [1.165, 1.54) is 29.2 Å². The third kappa shape index (κ3) is 4.87. The Morgan fingerprint density at radius 3 is 2.41 bits per heavy atom. The van der Waals surface area contributed by atoms with Crippen LogP contribution >= 0.6 is 24.0 Å². The molecular weight excluding hydrogens is 505 g/mol. The van der Waals surface area contributed by atoms with E-state index in [1.807, 2.05) is 0 Å². The van der Waals surface area contributed by atoms with Crippen LogP contribution in [0.1, 0.15) is 5.56 Å². The Bertz CT molecular complexity index is 1360. The summed E-state index contributed by atoms with van der Waals surface area (Å²) in [6.45, 7) is -0.723. The van der Waals surface area contributed by atoms with Gasteiger partial charge in [0, 0.05) is 17.8 Å². The van der Waals surface area contributed by atoms with Crippen molar-refractivity contribution < 1.29 is 31.7 Å². The molecule has 13 heteroatoms. The molecule has 2 heterocycles. The summed E-state index contributed by atoms with van der Waals surface area (Å²) < 4.78 is 44.3. The summed E-state index contributed by atoms with van der Waals surface area (Å²) in [6.07, 6.45) is 0. The second-order valence-corrected chi connectivity index (χ2v) is 10.5. The molecule has 2 aliphatic rings. The van der Waals surface area contributed by atoms with E-state index in [0.717, 1.165) is 16.7 Å². The maximum Gasteiger partial charge on any atom is 0.267 e. The number of rotatable bonds is 6. The number of fused-ring (bicyclic) bond motifs is 1. The zero-order chi connectivity index (χ0) is 24.6. The molecule has 0 saturated carbocycles. The van der Waals surface area contributed by atoms with Gasteiger partial charge in [-0.2, -0.15) is 8.42 Å². The van der Waals surface area contributed by atoms with Crippen molar-refractivity contribution in [1.29, 1.82) is 0 Å². The molecule has 1 saturated heterocycles. The van der Waals surface area contributed by atoms with Crippen molar-refractivity contribution >= 4 is 73.1 Å². The highest BCUT2D eigenvalue weighted by atomic mass is 32.2. The number of carbonyl (C=O) groups is 3. The quantitative estimate of drug-likeness (QED) is 0.337. The Morgan fingerprint density at radius 1 is 1.06 bits per heavy atom. The van der Waals surface area contributed by atoms with Gasteiger partial charge >= 0.3 is 0 Å². The Kier molecular flexibility index (Phi) is 6.53. The van der Waals surface area contributed by atoms with E-state index < -0.39 is 39.4 Å². The fourth-order valence-corrected chi connectivity index (χ4v) is 5.28. The van der Waals surface area contributed by atoms with Crippen LogP contribution in [-0.2, 0) is 24.5 Å². The number of thioether (sulfide) groups is 1. The number of thiocarbonyl (C=S) groups is 1. The van der Waals surface area contributed by atoms with Gasteiger partial charge in [0.25, 0.3) is 21.9 Å². The van der Waals surface area contributed by atoms with E-state index in [9.17, 15) is 27.2 Å². The summed E-state index contributed by atoms with van der Waals surface area (Å²) in [5.74, 6) is -2.94. The normalized spacial score (nSPS) is 18.0. The van der Waals surface area contributed by atoms with Crippen LogP contribution in [0.4, 0.5) is 15.8 Å². The second-order valence-electron chi connectivity index (χ2n) is 7.28. The molecule has 0 unspecified atom stereocenters. The van der Waals surface area contributed by atoms with E-state index in [2.05, 4.69) is 5.32 Å². The molecule has 2 aromatic rings. The number of anilines is 2. The average Bonchev–Trinajstić information content (AvgIpc) is 3.20. The van der Waals surface area contributed by atoms with Gasteiger partial charge in [-0.1, -0.05) is 42.2 Å². The zero-order valence-corrected chi connectivity index (χ0v) is 19.7. The van der Waals surface area contributed by atoms with Crippen LogP contribution in [0.2, 0.25) is 0 Å². The first-order valence-corrected chi connectivity index (χ1v) is 12.6. The van der Waals surface area contributed by atoms with Crippen molar-refractivity contribution in [1.82, 2.24) is 4.90 Å². The lowest BCUT2D eigenvalue weighted by Gasteiger charge is -2.16. The third-order valence-corrected chi connectivity index (χ3v) is 7.15. The Balaban J connectivity index is 1.61. The van der Waals surface area contributed by atoms with E-state index in [1.54, 1.807) is 24.3 Å². The van der Waals surface area contributed by atoms with Crippen LogP contribution in [0.5, 0.6) is 0 Å². The number of nitrogens with one attached hydrogen (secondary N) is 1. The molecule has 0 aliphatic carbocycles. The second kappa shape index (κ2) is 9.25. The van der Waals surface area contributed by atoms with Crippen LogP contribution in [0, 0.1) is 5.82 Å². The van der Waals surface area contributed by atoms with Gasteiger partial charge in [-0.25, -0.2) is 4.39 Å². The molecule has 4 rings (SSSR count). The molecule has 2 aliphatic heterocycles. The van der Waals surface area contributed by atoms with E-state index in [4.69, 9.17) is 16.8 Å². The van der Waals surface area contributed by atoms with E-state index in [0.29, 0.717) is 16.9 Å². The summed E-state index contributed by atoms with van der Waals surface area (Å²) in [4.78, 5) is 41.1. The number of nitrogens with zero attached hydrogens (tertiary/aromatic N) is 2. The lowest BCUT2D eigenvalue weighted by Crippen LogP contribution is -2.36. The minimum Gasteiger partial charge on any atom is -0.325 e. The van der Waals surface area contributed by atoms with Gasteiger partial charge in [-0.15, -0.1) is 0 Å². The molecule has 0 bridgehead atoms. The van der Waals surface area contributed by atoms with Gasteiger partial charge in [0.1, 0.15) is 16.7 Å². The van der Waals surface area contributed by atoms with Gasteiger partial charge in [0.15, 0.2) is 0 Å². The van der Waals surface area contributed by atoms with Crippen molar-refractivity contribution in [3.8, 4) is 0 Å². The number of halogens is 1. The van der Waals surface area contributed by atoms with Gasteiger partial charge in [0.05, 0.1) is 21.9 Å². The van der Waals surface area contributed by atoms with Crippen LogP contribution in [0.15, 0.2) is 53.4 Å². The lowest BCUT2D eigenvalue weighted by atomic mass is 10.1. The fourth-order valence-electron chi connectivity index (χ4n) is 3.48. The molecule has 0 spiro atoms. The third-order valence-electron chi connectivity index (χ3n) is 5.00. The van der Waals surface area contributed by atoms with Gasteiger partial charge in [-0.3, -0.25) is 28.7 Å². The summed E-state index contributed by atoms with van der Waals surface area (Å²) in [5, 5.41) is 2.59. The molecule has 34 heavy (non-hydrogen) atoms. The van der Waals surface area contributed by atoms with Crippen molar-refractivity contribution in [2.45, 2.75) is 0 Å².